The van der Waals surface area contributed by atoms with E-state index in [1.807, 2.05) is 0 Å². The third-order valence-corrected chi connectivity index (χ3v) is 9.74. The van der Waals surface area contributed by atoms with E-state index >= 15 is 0 Å². The van der Waals surface area contributed by atoms with E-state index in [2.05, 4.69) is 28.9 Å². The lowest BCUT2D eigenvalue weighted by Gasteiger charge is -2.60. The predicted molar refractivity (Wildman–Crippen MR) is 96.2 cm³/mol. The highest BCUT2D eigenvalue weighted by Crippen LogP contribution is 2.69. The van der Waals surface area contributed by atoms with Crippen LogP contribution >= 0.6 is 15.9 Å². The van der Waals surface area contributed by atoms with Gasteiger partial charge in [0.2, 0.25) is 0 Å². The first-order valence-corrected chi connectivity index (χ1v) is 10.8. The van der Waals surface area contributed by atoms with Gasteiger partial charge in [-0.1, -0.05) is 25.8 Å². The molecule has 2 heteroatoms. The van der Waals surface area contributed by atoms with Gasteiger partial charge in [-0.05, 0) is 96.4 Å². The molecule has 5 aliphatic carbocycles. The molecule has 0 saturated heterocycles. The van der Waals surface area contributed by atoms with Crippen LogP contribution in [0, 0.1) is 40.4 Å². The fourth-order valence-corrected chi connectivity index (χ4v) is 8.85. The van der Waals surface area contributed by atoms with Gasteiger partial charge in [-0.3, -0.25) is 4.79 Å². The fourth-order valence-electron chi connectivity index (χ4n) is 8.15. The Balaban J connectivity index is 1.51. The van der Waals surface area contributed by atoms with E-state index in [1.54, 1.807) is 0 Å². The van der Waals surface area contributed by atoms with Crippen LogP contribution in [0.2, 0.25) is 0 Å². The van der Waals surface area contributed by atoms with Crippen LogP contribution in [0.15, 0.2) is 10.6 Å². The Morgan fingerprint density at radius 2 is 1.87 bits per heavy atom. The van der Waals surface area contributed by atoms with Gasteiger partial charge in [0.05, 0.1) is 4.48 Å². The summed E-state index contributed by atoms with van der Waals surface area (Å²) in [6.07, 6.45) is 16.3. The number of carbonyl (C=O) groups is 1. The average Bonchev–Trinajstić information content (AvgIpc) is 3.02. The summed E-state index contributed by atoms with van der Waals surface area (Å²) in [5.74, 6) is 4.37. The van der Waals surface area contributed by atoms with E-state index in [4.69, 9.17) is 0 Å². The first-order chi connectivity index (χ1) is 11.1. The molecule has 0 aromatic rings. The molecule has 0 amide bonds. The lowest BCUT2D eigenvalue weighted by molar-refractivity contribution is -0.125. The minimum atomic E-state index is 0.245. The highest BCUT2D eigenvalue weighted by Gasteiger charge is 2.63. The Morgan fingerprint density at radius 1 is 1.00 bits per heavy atom. The molecule has 1 spiro atoms. The van der Waals surface area contributed by atoms with E-state index in [0.29, 0.717) is 17.1 Å². The Bertz CT molecular complexity index is 580. The zero-order chi connectivity index (χ0) is 15.8. The van der Waals surface area contributed by atoms with Crippen LogP contribution in [0.3, 0.4) is 0 Å². The number of carbonyl (C=O) groups excluding carboxylic acids is 1. The van der Waals surface area contributed by atoms with Crippen LogP contribution in [-0.2, 0) is 4.79 Å². The highest BCUT2D eigenvalue weighted by molar-refractivity contribution is 9.12. The summed E-state index contributed by atoms with van der Waals surface area (Å²) < 4.78 is 0.906. The quantitative estimate of drug-likeness (QED) is 0.515. The van der Waals surface area contributed by atoms with Crippen LogP contribution < -0.4 is 0 Å². The van der Waals surface area contributed by atoms with Crippen molar-refractivity contribution < 1.29 is 4.79 Å². The van der Waals surface area contributed by atoms with Crippen molar-refractivity contribution in [3.8, 4) is 0 Å². The number of hydrogen-bond donors (Lipinski definition) is 0. The van der Waals surface area contributed by atoms with Gasteiger partial charge in [0.1, 0.15) is 0 Å². The van der Waals surface area contributed by atoms with Gasteiger partial charge in [-0.15, -0.1) is 0 Å². The fraction of sp³-hybridized carbons (Fsp3) is 0.857. The Hall–Kier alpha value is -0.110. The highest BCUT2D eigenvalue weighted by atomic mass is 79.9. The summed E-state index contributed by atoms with van der Waals surface area (Å²) in [6.45, 7) is 2.64. The smallest absolute Gasteiger partial charge is 0.173 e. The molecule has 4 saturated carbocycles. The van der Waals surface area contributed by atoms with Crippen LogP contribution in [0.5, 0.6) is 0 Å². The van der Waals surface area contributed by atoms with Gasteiger partial charge in [-0.2, -0.15) is 0 Å². The number of ketones is 1. The molecule has 5 aliphatic rings. The topological polar surface area (TPSA) is 17.1 Å². The maximum atomic E-state index is 12.6. The summed E-state index contributed by atoms with van der Waals surface area (Å²) in [4.78, 5) is 12.6. The molecule has 0 radical (unpaired) electrons. The van der Waals surface area contributed by atoms with E-state index in [-0.39, 0.29) is 5.41 Å². The van der Waals surface area contributed by atoms with Gasteiger partial charge in [0, 0.05) is 11.3 Å². The molecule has 1 nitrogen and oxygen atoms in total. The second-order valence-electron chi connectivity index (χ2n) is 9.54. The Morgan fingerprint density at radius 3 is 2.74 bits per heavy atom. The van der Waals surface area contributed by atoms with Crippen LogP contribution in [0.1, 0.15) is 71.1 Å². The summed E-state index contributed by atoms with van der Waals surface area (Å²) in [6, 6.07) is 0. The second kappa shape index (κ2) is 4.96. The summed E-state index contributed by atoms with van der Waals surface area (Å²) >= 11 is 3.58. The SMILES string of the molecule is CC12CCCCC1CCC1C2CCC23C=C(Br)C(=O)C2CCC13. The minimum absolute atomic E-state index is 0.245. The Kier molecular flexibility index (Phi) is 3.27. The zero-order valence-electron chi connectivity index (χ0n) is 14.3. The molecule has 0 aromatic heterocycles. The van der Waals surface area contributed by atoms with E-state index in [9.17, 15) is 4.79 Å². The van der Waals surface area contributed by atoms with E-state index in [0.717, 1.165) is 34.6 Å². The van der Waals surface area contributed by atoms with E-state index in [1.165, 1.54) is 57.8 Å². The largest absolute Gasteiger partial charge is 0.293 e. The molecular weight excluding hydrogens is 348 g/mol. The van der Waals surface area contributed by atoms with Crippen LogP contribution in [0.25, 0.3) is 0 Å². The van der Waals surface area contributed by atoms with Crippen molar-refractivity contribution in [2.45, 2.75) is 71.1 Å². The third kappa shape index (κ3) is 1.82. The molecule has 0 N–H and O–H groups in total. The lowest BCUT2D eigenvalue weighted by Crippen LogP contribution is -2.52. The molecule has 0 aromatic carbocycles. The average molecular weight is 377 g/mol. The van der Waals surface area contributed by atoms with Gasteiger partial charge in [0.15, 0.2) is 5.78 Å². The molecule has 0 heterocycles. The third-order valence-electron chi connectivity index (χ3n) is 9.12. The normalized spacial score (nSPS) is 54.8. The maximum absolute atomic E-state index is 12.6. The maximum Gasteiger partial charge on any atom is 0.173 e. The first-order valence-electron chi connectivity index (χ1n) is 9.99. The van der Waals surface area contributed by atoms with Crippen molar-refractivity contribution in [2.75, 3.05) is 0 Å². The van der Waals surface area contributed by atoms with Crippen molar-refractivity contribution in [1.29, 1.82) is 0 Å². The molecule has 4 fully saturated rings. The first kappa shape index (κ1) is 15.2. The number of fused-ring (bicyclic) bond motifs is 4. The van der Waals surface area contributed by atoms with Gasteiger partial charge < -0.3 is 0 Å². The lowest BCUT2D eigenvalue weighted by atomic mass is 9.45. The van der Waals surface area contributed by atoms with Crippen LogP contribution in [-0.4, -0.2) is 5.78 Å². The van der Waals surface area contributed by atoms with Crippen molar-refractivity contribution >= 4 is 21.7 Å². The molecule has 7 atom stereocenters. The van der Waals surface area contributed by atoms with Gasteiger partial charge >= 0.3 is 0 Å². The molecule has 126 valence electrons. The number of allylic oxidation sites excluding steroid dienone is 2. The molecule has 7 unspecified atom stereocenters. The number of halogens is 1. The summed E-state index contributed by atoms with van der Waals surface area (Å²) in [5.41, 5.74) is 0.860. The molecule has 23 heavy (non-hydrogen) atoms. The Labute approximate surface area is 148 Å². The molecular formula is C21H29BrO. The minimum Gasteiger partial charge on any atom is -0.293 e. The van der Waals surface area contributed by atoms with Crippen molar-refractivity contribution in [1.82, 2.24) is 0 Å². The molecule has 5 rings (SSSR count). The number of Topliss-reactive ketones (excluding diaryl/α,β-unsaturated/α-hetero) is 1. The predicted octanol–water partition coefficient (Wildman–Crippen LogP) is 5.88. The molecule has 0 aliphatic heterocycles. The monoisotopic (exact) mass is 376 g/mol. The van der Waals surface area contributed by atoms with Crippen LogP contribution in [0.4, 0.5) is 0 Å². The standard InChI is InChI=1S/C21H29BrO/c1-20-10-3-2-4-13(20)5-6-14-15(20)9-11-21-12-18(22)19(23)17(21)8-7-16(14)21/h12-17H,2-11H2,1H3. The van der Waals surface area contributed by atoms with Gasteiger partial charge in [0.25, 0.3) is 0 Å². The van der Waals surface area contributed by atoms with Crippen molar-refractivity contribution in [2.24, 2.45) is 40.4 Å². The molecule has 0 bridgehead atoms. The van der Waals surface area contributed by atoms with E-state index < -0.39 is 0 Å². The van der Waals surface area contributed by atoms with Gasteiger partial charge in [-0.25, -0.2) is 0 Å². The summed E-state index contributed by atoms with van der Waals surface area (Å²) in [5, 5.41) is 0. The summed E-state index contributed by atoms with van der Waals surface area (Å²) in [7, 11) is 0. The zero-order valence-corrected chi connectivity index (χ0v) is 15.9. The second-order valence-corrected chi connectivity index (χ2v) is 10.4. The number of hydrogen-bond acceptors (Lipinski definition) is 1. The number of rotatable bonds is 0. The van der Waals surface area contributed by atoms with Crippen molar-refractivity contribution in [3.63, 3.8) is 0 Å². The van der Waals surface area contributed by atoms with Crippen molar-refractivity contribution in [3.05, 3.63) is 10.6 Å².